The van der Waals surface area contributed by atoms with Gasteiger partial charge in [0.05, 0.1) is 5.56 Å². The van der Waals surface area contributed by atoms with Crippen molar-refractivity contribution in [3.8, 4) is 0 Å². The molecule has 1 N–H and O–H groups in total. The van der Waals surface area contributed by atoms with Crippen molar-refractivity contribution in [1.82, 2.24) is 9.38 Å². The summed E-state index contributed by atoms with van der Waals surface area (Å²) >= 11 is 0. The predicted molar refractivity (Wildman–Crippen MR) is 53.4 cm³/mol. The normalized spacial score (nSPS) is 11.7. The van der Waals surface area contributed by atoms with Gasteiger partial charge in [-0.2, -0.15) is 13.2 Å². The summed E-state index contributed by atoms with van der Waals surface area (Å²) in [4.78, 5) is 25.8. The van der Waals surface area contributed by atoms with Crippen LogP contribution in [0.1, 0.15) is 15.9 Å². The van der Waals surface area contributed by atoms with E-state index in [9.17, 15) is 22.8 Å². The number of aromatic carboxylic acids is 1. The molecule has 0 fully saturated rings. The number of hydrogen-bond acceptors (Lipinski definition) is 3. The molecule has 2 aromatic rings. The van der Waals surface area contributed by atoms with Gasteiger partial charge in [0.15, 0.2) is 0 Å². The van der Waals surface area contributed by atoms with Crippen LogP contribution in [0.2, 0.25) is 0 Å². The average molecular weight is 258 g/mol. The molecule has 0 spiro atoms. The van der Waals surface area contributed by atoms with Crippen LogP contribution in [-0.4, -0.2) is 20.5 Å². The number of carbonyl (C=O) groups is 1. The molecule has 0 aliphatic heterocycles. The Morgan fingerprint density at radius 2 is 2.06 bits per heavy atom. The summed E-state index contributed by atoms with van der Waals surface area (Å²) in [7, 11) is 0. The molecule has 5 nitrogen and oxygen atoms in total. The van der Waals surface area contributed by atoms with Crippen molar-refractivity contribution in [3.63, 3.8) is 0 Å². The third-order valence-electron chi connectivity index (χ3n) is 2.27. The molecule has 18 heavy (non-hydrogen) atoms. The van der Waals surface area contributed by atoms with Crippen molar-refractivity contribution in [2.24, 2.45) is 0 Å². The molecule has 8 heteroatoms. The van der Waals surface area contributed by atoms with Crippen LogP contribution in [-0.2, 0) is 6.18 Å². The van der Waals surface area contributed by atoms with E-state index >= 15 is 0 Å². The number of pyridine rings is 1. The number of carboxylic acid groups (broad SMARTS) is 1. The van der Waals surface area contributed by atoms with Crippen molar-refractivity contribution in [1.29, 1.82) is 0 Å². The molecule has 0 saturated heterocycles. The second-order valence-corrected chi connectivity index (χ2v) is 3.42. The summed E-state index contributed by atoms with van der Waals surface area (Å²) in [5.74, 6) is -1.48. The number of carboxylic acids is 1. The lowest BCUT2D eigenvalue weighted by Gasteiger charge is -2.08. The van der Waals surface area contributed by atoms with Crippen LogP contribution >= 0.6 is 0 Å². The van der Waals surface area contributed by atoms with E-state index in [1.165, 1.54) is 0 Å². The van der Waals surface area contributed by atoms with Gasteiger partial charge in [-0.05, 0) is 12.1 Å². The molecule has 0 bridgehead atoms. The van der Waals surface area contributed by atoms with Crippen LogP contribution in [0.25, 0.3) is 5.65 Å². The zero-order valence-corrected chi connectivity index (χ0v) is 8.60. The Balaban J connectivity index is 2.73. The SMILES string of the molecule is O=C(O)c1cnc2cc(C(F)(F)F)ccn2c1=O. The lowest BCUT2D eigenvalue weighted by Crippen LogP contribution is -2.23. The standard InChI is InChI=1S/C10H5F3N2O3/c11-10(12,13)5-1-2-15-7(3-5)14-4-6(8(15)16)9(17)18/h1-4H,(H,17,18). The van der Waals surface area contributed by atoms with Gasteiger partial charge >= 0.3 is 12.1 Å². The van der Waals surface area contributed by atoms with Crippen molar-refractivity contribution < 1.29 is 23.1 Å². The summed E-state index contributed by atoms with van der Waals surface area (Å²) in [5.41, 5.74) is -2.76. The van der Waals surface area contributed by atoms with Crippen molar-refractivity contribution in [3.05, 3.63) is 46.0 Å². The van der Waals surface area contributed by atoms with E-state index in [0.717, 1.165) is 16.8 Å². The zero-order chi connectivity index (χ0) is 13.5. The molecule has 0 radical (unpaired) electrons. The lowest BCUT2D eigenvalue weighted by molar-refractivity contribution is -0.137. The van der Waals surface area contributed by atoms with Crippen LogP contribution in [0.4, 0.5) is 13.2 Å². The first-order chi connectivity index (χ1) is 8.30. The molecular formula is C10H5F3N2O3. The fraction of sp³-hybridized carbons (Fsp3) is 0.100. The van der Waals surface area contributed by atoms with Gasteiger partial charge in [-0.1, -0.05) is 0 Å². The molecule has 0 unspecified atom stereocenters. The maximum atomic E-state index is 12.4. The summed E-state index contributed by atoms with van der Waals surface area (Å²) in [6, 6.07) is 1.36. The molecule has 2 heterocycles. The van der Waals surface area contributed by atoms with Gasteiger partial charge in [0.2, 0.25) is 0 Å². The first-order valence-corrected chi connectivity index (χ1v) is 4.62. The Hall–Kier alpha value is -2.38. The maximum Gasteiger partial charge on any atom is 0.416 e. The molecule has 0 aliphatic carbocycles. The zero-order valence-electron chi connectivity index (χ0n) is 8.60. The topological polar surface area (TPSA) is 71.7 Å². The Morgan fingerprint density at radius 1 is 1.39 bits per heavy atom. The molecule has 0 aliphatic rings. The molecule has 0 aromatic carbocycles. The van der Waals surface area contributed by atoms with Crippen molar-refractivity contribution in [2.75, 3.05) is 0 Å². The minimum atomic E-state index is -4.55. The molecule has 2 rings (SSSR count). The molecule has 0 saturated carbocycles. The fourth-order valence-electron chi connectivity index (χ4n) is 1.40. The Morgan fingerprint density at radius 3 is 2.61 bits per heavy atom. The van der Waals surface area contributed by atoms with E-state index in [0.29, 0.717) is 12.1 Å². The first-order valence-electron chi connectivity index (χ1n) is 4.62. The Labute approximate surface area is 97.1 Å². The van der Waals surface area contributed by atoms with Crippen LogP contribution in [0.15, 0.2) is 29.3 Å². The van der Waals surface area contributed by atoms with E-state index in [-0.39, 0.29) is 5.65 Å². The van der Waals surface area contributed by atoms with E-state index in [1.54, 1.807) is 0 Å². The smallest absolute Gasteiger partial charge is 0.416 e. The van der Waals surface area contributed by atoms with Gasteiger partial charge in [0.1, 0.15) is 11.2 Å². The second-order valence-electron chi connectivity index (χ2n) is 3.42. The lowest BCUT2D eigenvalue weighted by atomic mass is 10.2. The summed E-state index contributed by atoms with van der Waals surface area (Å²) in [5, 5.41) is 8.68. The summed E-state index contributed by atoms with van der Waals surface area (Å²) < 4.78 is 38.0. The number of rotatable bonds is 1. The van der Waals surface area contributed by atoms with Crippen LogP contribution in [0.3, 0.4) is 0 Å². The van der Waals surface area contributed by atoms with Gasteiger partial charge in [-0.15, -0.1) is 0 Å². The van der Waals surface area contributed by atoms with Crippen LogP contribution in [0, 0.1) is 0 Å². The highest BCUT2D eigenvalue weighted by molar-refractivity contribution is 5.86. The third-order valence-corrected chi connectivity index (χ3v) is 2.27. The van der Waals surface area contributed by atoms with E-state index in [1.807, 2.05) is 0 Å². The second kappa shape index (κ2) is 3.83. The van der Waals surface area contributed by atoms with E-state index in [4.69, 9.17) is 5.11 Å². The third kappa shape index (κ3) is 1.92. The quantitative estimate of drug-likeness (QED) is 0.839. The molecule has 0 amide bonds. The highest BCUT2D eigenvalue weighted by atomic mass is 19.4. The van der Waals surface area contributed by atoms with Crippen LogP contribution in [0.5, 0.6) is 0 Å². The number of hydrogen-bond donors (Lipinski definition) is 1. The number of alkyl halides is 3. The fourth-order valence-corrected chi connectivity index (χ4v) is 1.40. The van der Waals surface area contributed by atoms with E-state index in [2.05, 4.69) is 4.98 Å². The first kappa shape index (κ1) is 12.1. The number of halogens is 3. The molecule has 94 valence electrons. The van der Waals surface area contributed by atoms with Crippen LogP contribution < -0.4 is 5.56 Å². The number of nitrogens with zero attached hydrogens (tertiary/aromatic N) is 2. The minimum absolute atomic E-state index is 0.264. The highest BCUT2D eigenvalue weighted by Gasteiger charge is 2.30. The van der Waals surface area contributed by atoms with Gasteiger partial charge in [-0.3, -0.25) is 9.20 Å². The number of aromatic nitrogens is 2. The number of fused-ring (bicyclic) bond motifs is 1. The predicted octanol–water partition coefficient (Wildman–Crippen LogP) is 1.41. The van der Waals surface area contributed by atoms with Gasteiger partial charge < -0.3 is 5.11 Å². The monoisotopic (exact) mass is 258 g/mol. The van der Waals surface area contributed by atoms with Gasteiger partial charge in [0.25, 0.3) is 5.56 Å². The van der Waals surface area contributed by atoms with Crippen molar-refractivity contribution >= 4 is 11.6 Å². The highest BCUT2D eigenvalue weighted by Crippen LogP contribution is 2.29. The van der Waals surface area contributed by atoms with Gasteiger partial charge in [-0.25, -0.2) is 9.78 Å². The molecular weight excluding hydrogens is 253 g/mol. The minimum Gasteiger partial charge on any atom is -0.477 e. The molecule has 2 aromatic heterocycles. The summed E-state index contributed by atoms with van der Waals surface area (Å²) in [6.07, 6.45) is -2.97. The Kier molecular flexibility index (Phi) is 2.57. The Bertz CT molecular complexity index is 691. The van der Waals surface area contributed by atoms with E-state index < -0.39 is 28.8 Å². The van der Waals surface area contributed by atoms with Gasteiger partial charge in [0, 0.05) is 12.4 Å². The average Bonchev–Trinajstić information content (AvgIpc) is 2.27. The maximum absolute atomic E-state index is 12.4. The van der Waals surface area contributed by atoms with Crippen molar-refractivity contribution in [2.45, 2.75) is 6.18 Å². The molecule has 0 atom stereocenters. The summed E-state index contributed by atoms with van der Waals surface area (Å²) in [6.45, 7) is 0. The largest absolute Gasteiger partial charge is 0.477 e.